The summed E-state index contributed by atoms with van der Waals surface area (Å²) in [4.78, 5) is 24.3. The number of rotatable bonds is 7. The van der Waals surface area contributed by atoms with Crippen molar-refractivity contribution in [2.75, 3.05) is 5.32 Å². The minimum atomic E-state index is -0.335. The first-order valence-corrected chi connectivity index (χ1v) is 9.61. The zero-order valence-electron chi connectivity index (χ0n) is 15.7. The van der Waals surface area contributed by atoms with Crippen LogP contribution < -0.4 is 5.32 Å². The van der Waals surface area contributed by atoms with Crippen LogP contribution in [0.15, 0.2) is 24.3 Å². The van der Waals surface area contributed by atoms with Crippen LogP contribution in [0.2, 0.25) is 0 Å². The lowest BCUT2D eigenvalue weighted by molar-refractivity contribution is -0.121. The van der Waals surface area contributed by atoms with E-state index in [0.717, 1.165) is 37.3 Å². The SMILES string of the molecule is CCCCC1CCC(C(=O)Nc2ccc(C(=O)OC(C)C)cc2)CC1. The van der Waals surface area contributed by atoms with Gasteiger partial charge in [-0.15, -0.1) is 0 Å². The first-order valence-electron chi connectivity index (χ1n) is 9.61. The van der Waals surface area contributed by atoms with Crippen molar-refractivity contribution in [1.82, 2.24) is 0 Å². The van der Waals surface area contributed by atoms with Crippen LogP contribution in [0.5, 0.6) is 0 Å². The van der Waals surface area contributed by atoms with Gasteiger partial charge in [-0.05, 0) is 69.7 Å². The van der Waals surface area contributed by atoms with Crippen molar-refractivity contribution in [1.29, 1.82) is 0 Å². The number of benzene rings is 1. The number of anilines is 1. The van der Waals surface area contributed by atoms with Crippen LogP contribution in [-0.4, -0.2) is 18.0 Å². The predicted molar refractivity (Wildman–Crippen MR) is 101 cm³/mol. The third-order valence-electron chi connectivity index (χ3n) is 4.91. The summed E-state index contributed by atoms with van der Waals surface area (Å²) >= 11 is 0. The van der Waals surface area contributed by atoms with E-state index in [1.165, 1.54) is 19.3 Å². The highest BCUT2D eigenvalue weighted by Gasteiger charge is 2.26. The molecule has 0 radical (unpaired) electrons. The van der Waals surface area contributed by atoms with Crippen LogP contribution in [0.4, 0.5) is 5.69 Å². The molecule has 1 aliphatic rings. The molecule has 1 aromatic rings. The Labute approximate surface area is 151 Å². The fourth-order valence-corrected chi connectivity index (χ4v) is 3.42. The predicted octanol–water partition coefficient (Wildman–Crippen LogP) is 5.19. The third kappa shape index (κ3) is 6.18. The fourth-order valence-electron chi connectivity index (χ4n) is 3.42. The van der Waals surface area contributed by atoms with Crippen LogP contribution in [-0.2, 0) is 9.53 Å². The topological polar surface area (TPSA) is 55.4 Å². The van der Waals surface area contributed by atoms with E-state index in [1.54, 1.807) is 24.3 Å². The molecule has 138 valence electrons. The molecule has 0 atom stereocenters. The van der Waals surface area contributed by atoms with Crippen molar-refractivity contribution >= 4 is 17.6 Å². The zero-order valence-corrected chi connectivity index (χ0v) is 15.7. The van der Waals surface area contributed by atoms with Crippen LogP contribution in [0.3, 0.4) is 0 Å². The molecule has 1 fully saturated rings. The number of carbonyl (C=O) groups excluding carboxylic acids is 2. The lowest BCUT2D eigenvalue weighted by Crippen LogP contribution is -2.27. The Morgan fingerprint density at radius 3 is 2.32 bits per heavy atom. The molecule has 1 saturated carbocycles. The van der Waals surface area contributed by atoms with E-state index in [1.807, 2.05) is 13.8 Å². The van der Waals surface area contributed by atoms with Gasteiger partial charge in [0.2, 0.25) is 5.91 Å². The van der Waals surface area contributed by atoms with Gasteiger partial charge >= 0.3 is 5.97 Å². The number of hydrogen-bond donors (Lipinski definition) is 1. The molecule has 4 nitrogen and oxygen atoms in total. The minimum absolute atomic E-state index is 0.103. The maximum atomic E-state index is 12.4. The van der Waals surface area contributed by atoms with Gasteiger partial charge in [0.25, 0.3) is 0 Å². The van der Waals surface area contributed by atoms with E-state index in [9.17, 15) is 9.59 Å². The monoisotopic (exact) mass is 345 g/mol. The van der Waals surface area contributed by atoms with E-state index in [2.05, 4.69) is 12.2 Å². The summed E-state index contributed by atoms with van der Waals surface area (Å²) in [5.74, 6) is 0.684. The van der Waals surface area contributed by atoms with Gasteiger partial charge in [-0.3, -0.25) is 4.79 Å². The first-order chi connectivity index (χ1) is 12.0. The van der Waals surface area contributed by atoms with E-state index >= 15 is 0 Å². The largest absolute Gasteiger partial charge is 0.459 e. The average molecular weight is 345 g/mol. The molecule has 1 aromatic carbocycles. The van der Waals surface area contributed by atoms with Crippen molar-refractivity contribution in [2.24, 2.45) is 11.8 Å². The second kappa shape index (κ2) is 9.59. The summed E-state index contributed by atoms with van der Waals surface area (Å²) in [6, 6.07) is 6.92. The third-order valence-corrected chi connectivity index (χ3v) is 4.91. The molecule has 1 aliphatic carbocycles. The molecule has 0 bridgehead atoms. The molecule has 0 unspecified atom stereocenters. The second-order valence-electron chi connectivity index (χ2n) is 7.38. The fraction of sp³-hybridized carbons (Fsp3) is 0.619. The highest BCUT2D eigenvalue weighted by molar-refractivity contribution is 5.94. The Kier molecular flexibility index (Phi) is 7.48. The lowest BCUT2D eigenvalue weighted by atomic mass is 9.79. The molecule has 25 heavy (non-hydrogen) atoms. The normalized spacial score (nSPS) is 20.3. The van der Waals surface area contributed by atoms with E-state index < -0.39 is 0 Å². The van der Waals surface area contributed by atoms with Crippen LogP contribution >= 0.6 is 0 Å². The molecule has 0 spiro atoms. The molecule has 0 heterocycles. The minimum Gasteiger partial charge on any atom is -0.459 e. The number of carbonyl (C=O) groups is 2. The lowest BCUT2D eigenvalue weighted by Gasteiger charge is -2.27. The number of hydrogen-bond acceptors (Lipinski definition) is 3. The van der Waals surface area contributed by atoms with E-state index in [0.29, 0.717) is 5.56 Å². The Balaban J connectivity index is 1.82. The standard InChI is InChI=1S/C21H31NO3/c1-4-5-6-16-7-9-17(10-8-16)20(23)22-19-13-11-18(12-14-19)21(24)25-15(2)3/h11-17H,4-10H2,1-3H3,(H,22,23). The van der Waals surface area contributed by atoms with Crippen molar-refractivity contribution < 1.29 is 14.3 Å². The van der Waals surface area contributed by atoms with Gasteiger partial charge < -0.3 is 10.1 Å². The molecule has 0 saturated heterocycles. The van der Waals surface area contributed by atoms with Crippen molar-refractivity contribution in [3.05, 3.63) is 29.8 Å². The number of amides is 1. The molecule has 4 heteroatoms. The number of nitrogens with one attached hydrogen (secondary N) is 1. The number of esters is 1. The molecule has 0 aliphatic heterocycles. The number of unbranched alkanes of at least 4 members (excludes halogenated alkanes) is 1. The van der Waals surface area contributed by atoms with Gasteiger partial charge in [0, 0.05) is 11.6 Å². The maximum absolute atomic E-state index is 12.4. The summed E-state index contributed by atoms with van der Waals surface area (Å²) in [7, 11) is 0. The molecule has 0 aromatic heterocycles. The highest BCUT2D eigenvalue weighted by Crippen LogP contribution is 2.32. The van der Waals surface area contributed by atoms with Gasteiger partial charge in [0.15, 0.2) is 0 Å². The molecule has 2 rings (SSSR count). The van der Waals surface area contributed by atoms with Gasteiger partial charge in [-0.1, -0.05) is 26.2 Å². The van der Waals surface area contributed by atoms with Crippen molar-refractivity contribution in [2.45, 2.75) is 71.8 Å². The maximum Gasteiger partial charge on any atom is 0.338 e. The Hall–Kier alpha value is -1.84. The quantitative estimate of drug-likeness (QED) is 0.692. The first kappa shape index (κ1) is 19.5. The van der Waals surface area contributed by atoms with Crippen molar-refractivity contribution in [3.8, 4) is 0 Å². The van der Waals surface area contributed by atoms with Crippen LogP contribution in [0.25, 0.3) is 0 Å². The van der Waals surface area contributed by atoms with Gasteiger partial charge in [-0.2, -0.15) is 0 Å². The summed E-state index contributed by atoms with van der Waals surface area (Å²) in [5.41, 5.74) is 1.24. The Bertz CT molecular complexity index is 557. The summed E-state index contributed by atoms with van der Waals surface area (Å²) in [6.45, 7) is 5.87. The van der Waals surface area contributed by atoms with E-state index in [4.69, 9.17) is 4.74 Å². The van der Waals surface area contributed by atoms with Crippen LogP contribution in [0.1, 0.15) is 76.1 Å². The highest BCUT2D eigenvalue weighted by atomic mass is 16.5. The zero-order chi connectivity index (χ0) is 18.2. The van der Waals surface area contributed by atoms with Crippen molar-refractivity contribution in [3.63, 3.8) is 0 Å². The smallest absolute Gasteiger partial charge is 0.338 e. The Morgan fingerprint density at radius 1 is 1.12 bits per heavy atom. The summed E-state index contributed by atoms with van der Waals surface area (Å²) < 4.78 is 5.16. The van der Waals surface area contributed by atoms with Crippen LogP contribution in [0, 0.1) is 11.8 Å². The summed E-state index contributed by atoms with van der Waals surface area (Å²) in [6.07, 6.45) is 8.01. The van der Waals surface area contributed by atoms with Gasteiger partial charge in [0.1, 0.15) is 0 Å². The Morgan fingerprint density at radius 2 is 1.76 bits per heavy atom. The second-order valence-corrected chi connectivity index (χ2v) is 7.38. The molecular formula is C21H31NO3. The molecule has 1 N–H and O–H groups in total. The number of ether oxygens (including phenoxy) is 1. The summed E-state index contributed by atoms with van der Waals surface area (Å²) in [5, 5.41) is 2.99. The van der Waals surface area contributed by atoms with Gasteiger partial charge in [-0.25, -0.2) is 4.79 Å². The molecule has 1 amide bonds. The van der Waals surface area contributed by atoms with E-state index in [-0.39, 0.29) is 23.9 Å². The van der Waals surface area contributed by atoms with Gasteiger partial charge in [0.05, 0.1) is 11.7 Å². The average Bonchev–Trinajstić information content (AvgIpc) is 2.60. The molecular weight excluding hydrogens is 314 g/mol.